The molecule has 0 aliphatic heterocycles. The molecule has 2 N–H and O–H groups in total. The SMILES string of the molecule is CCCCC(=O)NCC(O)Cc1ccccc1. The van der Waals surface area contributed by atoms with Crippen molar-refractivity contribution in [3.8, 4) is 0 Å². The van der Waals surface area contributed by atoms with Gasteiger partial charge in [0.2, 0.25) is 5.91 Å². The van der Waals surface area contributed by atoms with Crippen LogP contribution < -0.4 is 5.32 Å². The second-order valence-electron chi connectivity index (χ2n) is 4.25. The van der Waals surface area contributed by atoms with Crippen molar-refractivity contribution < 1.29 is 9.90 Å². The minimum absolute atomic E-state index is 0.0268. The van der Waals surface area contributed by atoms with Gasteiger partial charge in [-0.1, -0.05) is 43.7 Å². The van der Waals surface area contributed by atoms with Crippen molar-refractivity contribution in [3.05, 3.63) is 35.9 Å². The number of aliphatic hydroxyl groups excluding tert-OH is 1. The fourth-order valence-electron chi connectivity index (χ4n) is 1.62. The van der Waals surface area contributed by atoms with E-state index >= 15 is 0 Å². The number of unbranched alkanes of at least 4 members (excludes halogenated alkanes) is 1. The predicted octanol–water partition coefficient (Wildman–Crippen LogP) is 1.90. The molecule has 1 unspecified atom stereocenters. The molecule has 1 amide bonds. The molecule has 0 saturated carbocycles. The van der Waals surface area contributed by atoms with E-state index in [2.05, 4.69) is 12.2 Å². The number of carbonyl (C=O) groups is 1. The summed E-state index contributed by atoms with van der Waals surface area (Å²) in [6.07, 6.45) is 2.53. The normalized spacial score (nSPS) is 12.1. The van der Waals surface area contributed by atoms with Crippen molar-refractivity contribution in [2.45, 2.75) is 38.7 Å². The maximum atomic E-state index is 11.3. The molecule has 0 radical (unpaired) electrons. The summed E-state index contributed by atoms with van der Waals surface area (Å²) in [6.45, 7) is 2.38. The van der Waals surface area contributed by atoms with Crippen LogP contribution in [-0.2, 0) is 11.2 Å². The quantitative estimate of drug-likeness (QED) is 0.758. The molecule has 94 valence electrons. The Kier molecular flexibility index (Phi) is 6.33. The Labute approximate surface area is 103 Å². The van der Waals surface area contributed by atoms with Crippen molar-refractivity contribution in [1.29, 1.82) is 0 Å². The van der Waals surface area contributed by atoms with Gasteiger partial charge in [-0.25, -0.2) is 0 Å². The number of hydrogen-bond donors (Lipinski definition) is 2. The fraction of sp³-hybridized carbons (Fsp3) is 0.500. The van der Waals surface area contributed by atoms with Crippen molar-refractivity contribution in [2.75, 3.05) is 6.54 Å². The summed E-state index contributed by atoms with van der Waals surface area (Å²) >= 11 is 0. The van der Waals surface area contributed by atoms with Gasteiger partial charge in [0.1, 0.15) is 0 Å². The molecule has 0 fully saturated rings. The lowest BCUT2D eigenvalue weighted by atomic mass is 10.1. The standard InChI is InChI=1S/C14H21NO2/c1-2-3-9-14(17)15-11-13(16)10-12-7-5-4-6-8-12/h4-8,13,16H,2-3,9-11H2,1H3,(H,15,17). The van der Waals surface area contributed by atoms with E-state index in [9.17, 15) is 9.90 Å². The molecule has 17 heavy (non-hydrogen) atoms. The highest BCUT2D eigenvalue weighted by atomic mass is 16.3. The minimum atomic E-state index is -0.511. The van der Waals surface area contributed by atoms with E-state index in [4.69, 9.17) is 0 Å². The van der Waals surface area contributed by atoms with Gasteiger partial charge in [-0.05, 0) is 12.0 Å². The molecule has 1 aromatic rings. The molecule has 1 rings (SSSR count). The summed E-state index contributed by atoms with van der Waals surface area (Å²) in [5.74, 6) is 0.0268. The Morgan fingerprint density at radius 1 is 1.35 bits per heavy atom. The highest BCUT2D eigenvalue weighted by Crippen LogP contribution is 2.02. The monoisotopic (exact) mass is 235 g/mol. The molecule has 0 bridgehead atoms. The number of rotatable bonds is 7. The molecule has 0 aliphatic rings. The van der Waals surface area contributed by atoms with Crippen LogP contribution in [0.2, 0.25) is 0 Å². The smallest absolute Gasteiger partial charge is 0.220 e. The number of nitrogens with one attached hydrogen (secondary N) is 1. The highest BCUT2D eigenvalue weighted by molar-refractivity contribution is 5.75. The number of carbonyl (C=O) groups excluding carboxylic acids is 1. The Morgan fingerprint density at radius 3 is 2.71 bits per heavy atom. The first-order valence-electron chi connectivity index (χ1n) is 6.21. The van der Waals surface area contributed by atoms with Gasteiger partial charge in [0.05, 0.1) is 6.10 Å². The maximum absolute atomic E-state index is 11.3. The highest BCUT2D eigenvalue weighted by Gasteiger charge is 2.07. The molecular formula is C14H21NO2. The van der Waals surface area contributed by atoms with Crippen LogP contribution in [0, 0.1) is 0 Å². The van der Waals surface area contributed by atoms with Gasteiger partial charge < -0.3 is 10.4 Å². The van der Waals surface area contributed by atoms with E-state index in [0.29, 0.717) is 19.4 Å². The van der Waals surface area contributed by atoms with E-state index in [0.717, 1.165) is 18.4 Å². The van der Waals surface area contributed by atoms with Crippen LogP contribution in [0.5, 0.6) is 0 Å². The number of aliphatic hydroxyl groups is 1. The van der Waals surface area contributed by atoms with E-state index < -0.39 is 6.10 Å². The predicted molar refractivity (Wildman–Crippen MR) is 68.7 cm³/mol. The number of amides is 1. The van der Waals surface area contributed by atoms with Gasteiger partial charge in [-0.15, -0.1) is 0 Å². The third kappa shape index (κ3) is 6.07. The van der Waals surface area contributed by atoms with E-state index in [1.54, 1.807) is 0 Å². The van der Waals surface area contributed by atoms with Crippen LogP contribution in [0.4, 0.5) is 0 Å². The van der Waals surface area contributed by atoms with Crippen LogP contribution in [0.15, 0.2) is 30.3 Å². The summed E-state index contributed by atoms with van der Waals surface area (Å²) in [7, 11) is 0. The molecule has 3 nitrogen and oxygen atoms in total. The van der Waals surface area contributed by atoms with Gasteiger partial charge in [-0.2, -0.15) is 0 Å². The zero-order chi connectivity index (χ0) is 12.5. The molecule has 3 heteroatoms. The summed E-state index contributed by atoms with van der Waals surface area (Å²) < 4.78 is 0. The number of hydrogen-bond acceptors (Lipinski definition) is 2. The third-order valence-corrected chi connectivity index (χ3v) is 2.61. The average molecular weight is 235 g/mol. The van der Waals surface area contributed by atoms with Gasteiger partial charge >= 0.3 is 0 Å². The molecule has 0 saturated heterocycles. The van der Waals surface area contributed by atoms with Gasteiger partial charge in [0.15, 0.2) is 0 Å². The van der Waals surface area contributed by atoms with Crippen molar-refractivity contribution >= 4 is 5.91 Å². The molecule has 0 heterocycles. The Hall–Kier alpha value is -1.35. The average Bonchev–Trinajstić information content (AvgIpc) is 2.35. The molecule has 0 aromatic heterocycles. The second kappa shape index (κ2) is 7.85. The lowest BCUT2D eigenvalue weighted by Gasteiger charge is -2.11. The minimum Gasteiger partial charge on any atom is -0.391 e. The zero-order valence-electron chi connectivity index (χ0n) is 10.4. The van der Waals surface area contributed by atoms with Crippen LogP contribution in [0.3, 0.4) is 0 Å². The molecule has 0 aliphatic carbocycles. The first kappa shape index (κ1) is 13.7. The van der Waals surface area contributed by atoms with Crippen LogP contribution in [0.25, 0.3) is 0 Å². The Bertz CT molecular complexity index is 324. The van der Waals surface area contributed by atoms with Gasteiger partial charge in [-0.3, -0.25) is 4.79 Å². The van der Waals surface area contributed by atoms with E-state index in [1.165, 1.54) is 0 Å². The topological polar surface area (TPSA) is 49.3 Å². The van der Waals surface area contributed by atoms with Gasteiger partial charge in [0.25, 0.3) is 0 Å². The first-order valence-corrected chi connectivity index (χ1v) is 6.21. The van der Waals surface area contributed by atoms with E-state index in [1.807, 2.05) is 30.3 Å². The third-order valence-electron chi connectivity index (χ3n) is 2.61. The second-order valence-corrected chi connectivity index (χ2v) is 4.25. The molecular weight excluding hydrogens is 214 g/mol. The van der Waals surface area contributed by atoms with Gasteiger partial charge in [0, 0.05) is 19.4 Å². The maximum Gasteiger partial charge on any atom is 0.220 e. The van der Waals surface area contributed by atoms with E-state index in [-0.39, 0.29) is 5.91 Å². The first-order chi connectivity index (χ1) is 8.22. The van der Waals surface area contributed by atoms with Crippen LogP contribution in [0.1, 0.15) is 31.7 Å². The summed E-state index contributed by atoms with van der Waals surface area (Å²) in [5, 5.41) is 12.5. The molecule has 1 atom stereocenters. The summed E-state index contributed by atoms with van der Waals surface area (Å²) in [6, 6.07) is 9.79. The molecule has 0 spiro atoms. The Morgan fingerprint density at radius 2 is 2.06 bits per heavy atom. The Balaban J connectivity index is 2.21. The number of benzene rings is 1. The lowest BCUT2D eigenvalue weighted by molar-refractivity contribution is -0.121. The largest absolute Gasteiger partial charge is 0.391 e. The van der Waals surface area contributed by atoms with Crippen molar-refractivity contribution in [3.63, 3.8) is 0 Å². The summed E-state index contributed by atoms with van der Waals surface area (Å²) in [5.41, 5.74) is 1.09. The molecule has 1 aromatic carbocycles. The zero-order valence-corrected chi connectivity index (χ0v) is 10.4. The van der Waals surface area contributed by atoms with Crippen LogP contribution >= 0.6 is 0 Å². The van der Waals surface area contributed by atoms with Crippen molar-refractivity contribution in [1.82, 2.24) is 5.32 Å². The summed E-state index contributed by atoms with van der Waals surface area (Å²) in [4.78, 5) is 11.3. The van der Waals surface area contributed by atoms with Crippen LogP contribution in [-0.4, -0.2) is 23.7 Å². The fourth-order valence-corrected chi connectivity index (χ4v) is 1.62. The van der Waals surface area contributed by atoms with Crippen molar-refractivity contribution in [2.24, 2.45) is 0 Å². The lowest BCUT2D eigenvalue weighted by Crippen LogP contribution is -2.33.